The summed E-state index contributed by atoms with van der Waals surface area (Å²) in [5.41, 5.74) is 4.04. The van der Waals surface area contributed by atoms with Crippen LogP contribution in [-0.2, 0) is 13.1 Å². The van der Waals surface area contributed by atoms with E-state index in [1.165, 1.54) is 43.5 Å². The van der Waals surface area contributed by atoms with Crippen LogP contribution in [0.5, 0.6) is 0 Å². The number of piperidine rings is 1. The van der Waals surface area contributed by atoms with Crippen molar-refractivity contribution in [2.75, 3.05) is 13.1 Å². The van der Waals surface area contributed by atoms with Gasteiger partial charge in [0.15, 0.2) is 0 Å². The summed E-state index contributed by atoms with van der Waals surface area (Å²) in [4.78, 5) is 14.2. The van der Waals surface area contributed by atoms with E-state index in [4.69, 9.17) is 0 Å². The average molecular weight is 375 g/mol. The highest BCUT2D eigenvalue weighted by atomic mass is 16.1. The number of carbonyl (C=O) groups excluding carboxylic acids is 1. The normalized spacial score (nSPS) is 14.7. The number of hydrogen-bond acceptors (Lipinski definition) is 2. The van der Waals surface area contributed by atoms with E-state index in [0.717, 1.165) is 12.2 Å². The average Bonchev–Trinajstić information content (AvgIpc) is 3.25. The number of amides is 1. The summed E-state index contributed by atoms with van der Waals surface area (Å²) in [6.07, 6.45) is 7.39. The third-order valence-corrected chi connectivity index (χ3v) is 5.42. The standard InChI is InChI=1S/C23H26N4O/c28-23(21-16-25-27(18-21)22-11-3-1-4-12-22)24-15-19-9-5-6-10-20(19)17-26-13-7-2-8-14-26/h1,3-6,9-12,16,18H,2,7-8,13-15,17H2,(H,24,28)/p+1. The Kier molecular flexibility index (Phi) is 5.83. The Morgan fingerprint density at radius 3 is 2.46 bits per heavy atom. The zero-order valence-electron chi connectivity index (χ0n) is 16.1. The molecule has 0 saturated carbocycles. The van der Waals surface area contributed by atoms with Gasteiger partial charge in [0.25, 0.3) is 5.91 Å². The molecule has 0 atom stereocenters. The third-order valence-electron chi connectivity index (χ3n) is 5.42. The van der Waals surface area contributed by atoms with E-state index < -0.39 is 0 Å². The largest absolute Gasteiger partial charge is 0.348 e. The molecular formula is C23H27N4O+. The van der Waals surface area contributed by atoms with Gasteiger partial charge in [-0.1, -0.05) is 42.5 Å². The maximum absolute atomic E-state index is 12.6. The van der Waals surface area contributed by atoms with Crippen molar-refractivity contribution in [3.63, 3.8) is 0 Å². The number of para-hydroxylation sites is 1. The first-order valence-electron chi connectivity index (χ1n) is 10.1. The Hall–Kier alpha value is -2.92. The van der Waals surface area contributed by atoms with Crippen molar-refractivity contribution < 1.29 is 9.69 Å². The monoisotopic (exact) mass is 375 g/mol. The Bertz CT molecular complexity index is 913. The molecule has 2 heterocycles. The number of rotatable bonds is 6. The second-order valence-corrected chi connectivity index (χ2v) is 7.45. The molecule has 1 aliphatic rings. The lowest BCUT2D eigenvalue weighted by atomic mass is 10.0. The number of nitrogens with zero attached hydrogens (tertiary/aromatic N) is 2. The first-order chi connectivity index (χ1) is 13.8. The Morgan fingerprint density at radius 1 is 0.964 bits per heavy atom. The second-order valence-electron chi connectivity index (χ2n) is 7.45. The van der Waals surface area contributed by atoms with Crippen molar-refractivity contribution in [2.45, 2.75) is 32.4 Å². The topological polar surface area (TPSA) is 51.4 Å². The SMILES string of the molecule is O=C(NCc1ccccc1C[NH+]1CCCCC1)c1cnn(-c2ccccc2)c1. The van der Waals surface area contributed by atoms with Crippen molar-refractivity contribution in [2.24, 2.45) is 0 Å². The van der Waals surface area contributed by atoms with Gasteiger partial charge in [0.2, 0.25) is 0 Å². The molecule has 3 aromatic rings. The maximum atomic E-state index is 12.6. The van der Waals surface area contributed by atoms with Gasteiger partial charge in [0, 0.05) is 18.3 Å². The molecule has 5 heteroatoms. The van der Waals surface area contributed by atoms with Gasteiger partial charge in [-0.15, -0.1) is 0 Å². The number of hydrogen-bond donors (Lipinski definition) is 2. The van der Waals surface area contributed by atoms with Gasteiger partial charge >= 0.3 is 0 Å². The van der Waals surface area contributed by atoms with Gasteiger partial charge in [-0.05, 0) is 37.0 Å². The van der Waals surface area contributed by atoms with Gasteiger partial charge in [-0.2, -0.15) is 5.10 Å². The van der Waals surface area contributed by atoms with Crippen LogP contribution in [0.25, 0.3) is 5.69 Å². The fraction of sp³-hybridized carbons (Fsp3) is 0.304. The van der Waals surface area contributed by atoms with E-state index in [2.05, 4.69) is 28.6 Å². The minimum absolute atomic E-state index is 0.0951. The highest BCUT2D eigenvalue weighted by Gasteiger charge is 2.16. The van der Waals surface area contributed by atoms with E-state index in [0.29, 0.717) is 12.1 Å². The number of nitrogens with one attached hydrogen (secondary N) is 2. The lowest BCUT2D eigenvalue weighted by Gasteiger charge is -2.24. The minimum atomic E-state index is -0.0951. The van der Waals surface area contributed by atoms with Gasteiger partial charge in [-0.3, -0.25) is 4.79 Å². The molecule has 1 saturated heterocycles. The Balaban J connectivity index is 1.39. The molecule has 2 aromatic carbocycles. The molecular weight excluding hydrogens is 348 g/mol. The van der Waals surface area contributed by atoms with Gasteiger partial charge < -0.3 is 10.2 Å². The predicted octanol–water partition coefficient (Wildman–Crippen LogP) is 2.37. The summed E-state index contributed by atoms with van der Waals surface area (Å²) < 4.78 is 1.72. The van der Waals surface area contributed by atoms with Gasteiger partial charge in [0.05, 0.1) is 30.5 Å². The lowest BCUT2D eigenvalue weighted by Crippen LogP contribution is -3.11. The van der Waals surface area contributed by atoms with E-state index in [1.54, 1.807) is 22.0 Å². The minimum Gasteiger partial charge on any atom is -0.348 e. The van der Waals surface area contributed by atoms with Crippen LogP contribution in [0.15, 0.2) is 67.0 Å². The molecule has 0 aliphatic carbocycles. The number of benzene rings is 2. The third kappa shape index (κ3) is 4.49. The molecule has 2 N–H and O–H groups in total. The molecule has 1 amide bonds. The van der Waals surface area contributed by atoms with E-state index in [1.807, 2.05) is 36.4 Å². The smallest absolute Gasteiger partial charge is 0.254 e. The van der Waals surface area contributed by atoms with E-state index in [9.17, 15) is 4.79 Å². The molecule has 0 bridgehead atoms. The van der Waals surface area contributed by atoms with E-state index in [-0.39, 0.29) is 5.91 Å². The number of likely N-dealkylation sites (tertiary alicyclic amines) is 1. The summed E-state index contributed by atoms with van der Waals surface area (Å²) in [7, 11) is 0. The lowest BCUT2D eigenvalue weighted by molar-refractivity contribution is -0.918. The van der Waals surface area contributed by atoms with Crippen LogP contribution in [0, 0.1) is 0 Å². The molecule has 28 heavy (non-hydrogen) atoms. The molecule has 1 aromatic heterocycles. The van der Waals surface area contributed by atoms with Crippen LogP contribution in [0.3, 0.4) is 0 Å². The molecule has 1 aliphatic heterocycles. The van der Waals surface area contributed by atoms with Crippen LogP contribution in [-0.4, -0.2) is 28.8 Å². The zero-order valence-corrected chi connectivity index (χ0v) is 16.1. The van der Waals surface area contributed by atoms with Crippen molar-refractivity contribution in [1.82, 2.24) is 15.1 Å². The molecule has 1 fully saturated rings. The Labute approximate surface area is 166 Å². The van der Waals surface area contributed by atoms with Crippen molar-refractivity contribution in [3.8, 4) is 5.69 Å². The first kappa shape index (κ1) is 18.4. The van der Waals surface area contributed by atoms with Crippen LogP contribution in [0.2, 0.25) is 0 Å². The van der Waals surface area contributed by atoms with Crippen molar-refractivity contribution in [1.29, 1.82) is 0 Å². The van der Waals surface area contributed by atoms with Crippen LogP contribution >= 0.6 is 0 Å². The van der Waals surface area contributed by atoms with E-state index >= 15 is 0 Å². The summed E-state index contributed by atoms with van der Waals surface area (Å²) in [6, 6.07) is 18.3. The Morgan fingerprint density at radius 2 is 1.68 bits per heavy atom. The van der Waals surface area contributed by atoms with Crippen molar-refractivity contribution >= 4 is 5.91 Å². The van der Waals surface area contributed by atoms with Gasteiger partial charge in [0.1, 0.15) is 6.54 Å². The summed E-state index contributed by atoms with van der Waals surface area (Å²) >= 11 is 0. The summed E-state index contributed by atoms with van der Waals surface area (Å²) in [5.74, 6) is -0.0951. The molecule has 4 rings (SSSR count). The first-order valence-corrected chi connectivity index (χ1v) is 10.1. The fourth-order valence-corrected chi connectivity index (χ4v) is 3.84. The predicted molar refractivity (Wildman–Crippen MR) is 109 cm³/mol. The number of aromatic nitrogens is 2. The summed E-state index contributed by atoms with van der Waals surface area (Å²) in [5, 5.41) is 7.37. The van der Waals surface area contributed by atoms with Crippen LogP contribution in [0.1, 0.15) is 40.7 Å². The molecule has 0 unspecified atom stereocenters. The summed E-state index contributed by atoms with van der Waals surface area (Å²) in [6.45, 7) is 4.08. The van der Waals surface area contributed by atoms with Crippen LogP contribution < -0.4 is 10.2 Å². The maximum Gasteiger partial charge on any atom is 0.254 e. The molecule has 5 nitrogen and oxygen atoms in total. The van der Waals surface area contributed by atoms with Gasteiger partial charge in [-0.25, -0.2) is 4.68 Å². The highest BCUT2D eigenvalue weighted by molar-refractivity contribution is 5.93. The highest BCUT2D eigenvalue weighted by Crippen LogP contribution is 2.10. The fourth-order valence-electron chi connectivity index (χ4n) is 3.84. The number of quaternary nitrogens is 1. The molecule has 0 radical (unpaired) electrons. The zero-order chi connectivity index (χ0) is 19.2. The second kappa shape index (κ2) is 8.85. The quantitative estimate of drug-likeness (QED) is 0.695. The molecule has 0 spiro atoms. The van der Waals surface area contributed by atoms with Crippen molar-refractivity contribution in [3.05, 3.63) is 83.7 Å². The molecule has 144 valence electrons. The van der Waals surface area contributed by atoms with Crippen LogP contribution in [0.4, 0.5) is 0 Å². The number of carbonyl (C=O) groups is 1.